The molecule has 0 fully saturated rings. The van der Waals surface area contributed by atoms with Crippen LogP contribution < -0.4 is 0 Å². The molecule has 0 N–H and O–H groups in total. The molecule has 0 amide bonds. The van der Waals surface area contributed by atoms with Gasteiger partial charge in [0, 0.05) is 5.02 Å². The van der Waals surface area contributed by atoms with E-state index in [0.717, 1.165) is 16.7 Å². The Bertz CT molecular complexity index is 689. The van der Waals surface area contributed by atoms with Crippen molar-refractivity contribution in [1.82, 2.24) is 9.55 Å². The highest BCUT2D eigenvalue weighted by atomic mass is 35.5. The van der Waals surface area contributed by atoms with Gasteiger partial charge in [-0.3, -0.25) is 4.57 Å². The van der Waals surface area contributed by atoms with Gasteiger partial charge < -0.3 is 0 Å². The van der Waals surface area contributed by atoms with E-state index in [0.29, 0.717) is 10.0 Å². The maximum Gasteiger partial charge on any atom is 0.100 e. The van der Waals surface area contributed by atoms with Crippen LogP contribution in [0.5, 0.6) is 0 Å². The van der Waals surface area contributed by atoms with Crippen LogP contribution in [0, 0.1) is 0 Å². The van der Waals surface area contributed by atoms with E-state index in [2.05, 4.69) is 4.98 Å². The molecule has 0 saturated heterocycles. The Morgan fingerprint density at radius 1 is 1.00 bits per heavy atom. The molecule has 0 aliphatic carbocycles. The summed E-state index contributed by atoms with van der Waals surface area (Å²) in [4.78, 5) is 4.33. The molecule has 2 aromatic carbocycles. The maximum atomic E-state index is 6.19. The molecular formula is C13H8Cl2N2. The Morgan fingerprint density at radius 3 is 2.65 bits per heavy atom. The van der Waals surface area contributed by atoms with Gasteiger partial charge in [-0.1, -0.05) is 35.3 Å². The first-order valence-electron chi connectivity index (χ1n) is 5.13. The van der Waals surface area contributed by atoms with Crippen molar-refractivity contribution in [3.05, 3.63) is 58.8 Å². The lowest BCUT2D eigenvalue weighted by Crippen LogP contribution is -1.92. The highest BCUT2D eigenvalue weighted by molar-refractivity contribution is 6.35. The normalized spacial score (nSPS) is 10.9. The van der Waals surface area contributed by atoms with Gasteiger partial charge in [0.25, 0.3) is 0 Å². The smallest absolute Gasteiger partial charge is 0.100 e. The Morgan fingerprint density at radius 2 is 1.82 bits per heavy atom. The average molecular weight is 263 g/mol. The highest BCUT2D eigenvalue weighted by Gasteiger charge is 2.07. The molecule has 1 aromatic heterocycles. The van der Waals surface area contributed by atoms with Crippen LogP contribution in [0.1, 0.15) is 0 Å². The lowest BCUT2D eigenvalue weighted by molar-refractivity contribution is 1.09. The van der Waals surface area contributed by atoms with Crippen LogP contribution >= 0.6 is 23.2 Å². The number of benzene rings is 2. The second-order valence-corrected chi connectivity index (χ2v) is 4.54. The van der Waals surface area contributed by atoms with Crippen LogP contribution in [0.2, 0.25) is 10.0 Å². The van der Waals surface area contributed by atoms with Gasteiger partial charge in [0.2, 0.25) is 0 Å². The van der Waals surface area contributed by atoms with Crippen LogP contribution in [-0.4, -0.2) is 9.55 Å². The van der Waals surface area contributed by atoms with Crippen LogP contribution in [0.25, 0.3) is 16.7 Å². The van der Waals surface area contributed by atoms with Crippen molar-refractivity contribution in [2.24, 2.45) is 0 Å². The number of imidazole rings is 1. The first-order chi connectivity index (χ1) is 8.25. The number of fused-ring (bicyclic) bond motifs is 1. The molecule has 0 atom stereocenters. The minimum absolute atomic E-state index is 0.612. The summed E-state index contributed by atoms with van der Waals surface area (Å²) in [5.74, 6) is 0. The minimum Gasteiger partial charge on any atom is -0.297 e. The Kier molecular flexibility index (Phi) is 2.54. The first-order valence-corrected chi connectivity index (χ1v) is 5.89. The van der Waals surface area contributed by atoms with E-state index in [4.69, 9.17) is 23.2 Å². The molecule has 0 unspecified atom stereocenters. The van der Waals surface area contributed by atoms with Gasteiger partial charge in [0.1, 0.15) is 6.33 Å². The monoisotopic (exact) mass is 262 g/mol. The Hall–Kier alpha value is -1.51. The number of aromatic nitrogens is 2. The van der Waals surface area contributed by atoms with E-state index in [9.17, 15) is 0 Å². The molecule has 4 heteroatoms. The lowest BCUT2D eigenvalue weighted by Gasteiger charge is -2.06. The largest absolute Gasteiger partial charge is 0.297 e. The van der Waals surface area contributed by atoms with E-state index >= 15 is 0 Å². The van der Waals surface area contributed by atoms with Gasteiger partial charge in [-0.05, 0) is 30.3 Å². The van der Waals surface area contributed by atoms with E-state index < -0.39 is 0 Å². The van der Waals surface area contributed by atoms with Gasteiger partial charge in [-0.25, -0.2) is 4.98 Å². The zero-order chi connectivity index (χ0) is 11.8. The van der Waals surface area contributed by atoms with Gasteiger partial charge in [-0.15, -0.1) is 0 Å². The SMILES string of the molecule is Clc1ccc(-n2cnc3ccccc32)c(Cl)c1. The summed E-state index contributed by atoms with van der Waals surface area (Å²) in [7, 11) is 0. The number of halogens is 2. The van der Waals surface area contributed by atoms with Gasteiger partial charge >= 0.3 is 0 Å². The number of rotatable bonds is 1. The van der Waals surface area contributed by atoms with Gasteiger partial charge in [-0.2, -0.15) is 0 Å². The van der Waals surface area contributed by atoms with Crippen LogP contribution in [0.15, 0.2) is 48.8 Å². The molecule has 84 valence electrons. The van der Waals surface area contributed by atoms with Crippen molar-refractivity contribution in [2.75, 3.05) is 0 Å². The minimum atomic E-state index is 0.612. The third kappa shape index (κ3) is 1.79. The summed E-state index contributed by atoms with van der Waals surface area (Å²) in [5.41, 5.74) is 2.85. The zero-order valence-electron chi connectivity index (χ0n) is 8.77. The molecule has 3 aromatic rings. The standard InChI is InChI=1S/C13H8Cl2N2/c14-9-5-6-12(10(15)7-9)17-8-16-11-3-1-2-4-13(11)17/h1-8H. The van der Waals surface area contributed by atoms with E-state index in [-0.39, 0.29) is 0 Å². The Balaban J connectivity index is 2.27. The Labute approximate surface area is 108 Å². The van der Waals surface area contributed by atoms with Crippen LogP contribution in [0.3, 0.4) is 0 Å². The molecule has 0 bridgehead atoms. The molecule has 0 aliphatic heterocycles. The molecular weight excluding hydrogens is 255 g/mol. The second-order valence-electron chi connectivity index (χ2n) is 3.70. The van der Waals surface area contributed by atoms with Crippen molar-refractivity contribution in [2.45, 2.75) is 0 Å². The third-order valence-electron chi connectivity index (χ3n) is 2.62. The fourth-order valence-corrected chi connectivity index (χ4v) is 2.33. The molecule has 0 saturated carbocycles. The third-order valence-corrected chi connectivity index (χ3v) is 3.16. The zero-order valence-corrected chi connectivity index (χ0v) is 10.3. The molecule has 0 radical (unpaired) electrons. The predicted molar refractivity (Wildman–Crippen MR) is 71.1 cm³/mol. The van der Waals surface area contributed by atoms with E-state index in [1.165, 1.54) is 0 Å². The molecule has 2 nitrogen and oxygen atoms in total. The molecule has 1 heterocycles. The van der Waals surface area contributed by atoms with Crippen molar-refractivity contribution >= 4 is 34.2 Å². The number of hydrogen-bond donors (Lipinski definition) is 0. The van der Waals surface area contributed by atoms with Gasteiger partial charge in [0.15, 0.2) is 0 Å². The van der Waals surface area contributed by atoms with Crippen LogP contribution in [0.4, 0.5) is 0 Å². The fraction of sp³-hybridized carbons (Fsp3) is 0. The van der Waals surface area contributed by atoms with Gasteiger partial charge in [0.05, 0.1) is 21.7 Å². The number of hydrogen-bond acceptors (Lipinski definition) is 1. The molecule has 17 heavy (non-hydrogen) atoms. The summed E-state index contributed by atoms with van der Waals surface area (Å²) in [6.07, 6.45) is 1.76. The first kappa shape index (κ1) is 10.6. The summed E-state index contributed by atoms with van der Waals surface area (Å²) in [6, 6.07) is 13.3. The maximum absolute atomic E-state index is 6.19. The molecule has 0 aliphatic rings. The number of nitrogens with zero attached hydrogens (tertiary/aromatic N) is 2. The number of para-hydroxylation sites is 2. The fourth-order valence-electron chi connectivity index (χ4n) is 1.83. The lowest BCUT2D eigenvalue weighted by atomic mass is 10.3. The topological polar surface area (TPSA) is 17.8 Å². The van der Waals surface area contributed by atoms with Crippen LogP contribution in [-0.2, 0) is 0 Å². The summed E-state index contributed by atoms with van der Waals surface area (Å²) in [5, 5.41) is 1.24. The van der Waals surface area contributed by atoms with Crippen molar-refractivity contribution in [3.63, 3.8) is 0 Å². The highest BCUT2D eigenvalue weighted by Crippen LogP contribution is 2.27. The molecule has 0 spiro atoms. The summed E-state index contributed by atoms with van der Waals surface area (Å²) >= 11 is 12.1. The summed E-state index contributed by atoms with van der Waals surface area (Å²) < 4.78 is 1.95. The van der Waals surface area contributed by atoms with Crippen molar-refractivity contribution in [1.29, 1.82) is 0 Å². The molecule has 3 rings (SSSR count). The van der Waals surface area contributed by atoms with E-state index in [1.807, 2.05) is 41.0 Å². The average Bonchev–Trinajstić information content (AvgIpc) is 2.73. The van der Waals surface area contributed by atoms with Crippen molar-refractivity contribution in [3.8, 4) is 5.69 Å². The quantitative estimate of drug-likeness (QED) is 0.638. The summed E-state index contributed by atoms with van der Waals surface area (Å²) in [6.45, 7) is 0. The van der Waals surface area contributed by atoms with E-state index in [1.54, 1.807) is 12.4 Å². The predicted octanol–water partition coefficient (Wildman–Crippen LogP) is 4.33. The van der Waals surface area contributed by atoms with Crippen molar-refractivity contribution < 1.29 is 0 Å². The second kappa shape index (κ2) is 4.06.